The van der Waals surface area contributed by atoms with E-state index in [2.05, 4.69) is 68.0 Å². The summed E-state index contributed by atoms with van der Waals surface area (Å²) in [6, 6.07) is 0. The molecule has 1 fully saturated rings. The van der Waals surface area contributed by atoms with Crippen molar-refractivity contribution < 1.29 is 4.79 Å². The molecule has 1 aliphatic heterocycles. The molecule has 1 rings (SSSR count). The van der Waals surface area contributed by atoms with Crippen molar-refractivity contribution in [2.45, 2.75) is 7.85 Å². The summed E-state index contributed by atoms with van der Waals surface area (Å²) in [6.45, 7) is 0.894. The molecule has 0 radical (unpaired) electrons. The lowest BCUT2D eigenvalue weighted by Gasteiger charge is -2.08. The van der Waals surface area contributed by atoms with Gasteiger partial charge in [0.25, 0.3) is 5.91 Å². The first-order valence-electron chi connectivity index (χ1n) is 2.39. The van der Waals surface area contributed by atoms with E-state index in [0.29, 0.717) is 0 Å². The fourth-order valence-electron chi connectivity index (χ4n) is 0.625. The van der Waals surface area contributed by atoms with Crippen LogP contribution < -0.4 is 0 Å². The molecule has 1 amide bonds. The number of rotatable bonds is 0. The predicted octanol–water partition coefficient (Wildman–Crippen LogP) is 2.14. The molecule has 0 bridgehead atoms. The Morgan fingerprint density at radius 1 is 1.56 bits per heavy atom. The minimum Gasteiger partial charge on any atom is -0.283 e. The van der Waals surface area contributed by atoms with Crippen molar-refractivity contribution in [3.63, 3.8) is 0 Å². The first-order valence-corrected chi connectivity index (χ1v) is 5.52. The van der Waals surface area contributed by atoms with E-state index in [-0.39, 0.29) is 7.34 Å². The monoisotopic (exact) mass is 463 g/mol. The summed E-state index contributed by atoms with van der Waals surface area (Å²) < 4.78 is 1.59. The normalized spacial score (nSPS) is 25.2. The van der Waals surface area contributed by atoms with Gasteiger partial charge in [0.05, 0.1) is 22.9 Å². The first kappa shape index (κ1) is 8.75. The molecule has 1 aliphatic rings. The summed E-state index contributed by atoms with van der Waals surface area (Å²) in [7, 11) is 0. The van der Waals surface area contributed by atoms with Gasteiger partial charge in [0.2, 0.25) is 0 Å². The highest BCUT2D eigenvalue weighted by molar-refractivity contribution is 14.2. The molecule has 9 heavy (non-hydrogen) atoms. The summed E-state index contributed by atoms with van der Waals surface area (Å²) in [5.74, 6) is 0.240. The van der Waals surface area contributed by atoms with Crippen molar-refractivity contribution in [2.75, 3.05) is 6.54 Å². The van der Waals surface area contributed by atoms with Crippen LogP contribution in [0.25, 0.3) is 0 Å². The van der Waals surface area contributed by atoms with Gasteiger partial charge in [-0.15, -0.1) is 0 Å². The maximum absolute atomic E-state index is 11.1. The van der Waals surface area contributed by atoms with Crippen LogP contribution in [0.5, 0.6) is 0 Å². The van der Waals surface area contributed by atoms with Gasteiger partial charge in [0, 0.05) is 6.54 Å². The summed E-state index contributed by atoms with van der Waals surface area (Å²) in [5.41, 5.74) is 0. The van der Waals surface area contributed by atoms with Gasteiger partial charge in [0.1, 0.15) is 0 Å². The highest BCUT2D eigenvalue weighted by Gasteiger charge is 2.41. The zero-order valence-corrected chi connectivity index (χ0v) is 10.9. The molecule has 0 saturated carbocycles. The molecule has 0 aromatic carbocycles. The minimum atomic E-state index is -0.156. The topological polar surface area (TPSA) is 20.3 Å². The van der Waals surface area contributed by atoms with Gasteiger partial charge >= 0.3 is 0 Å². The number of carbonyl (C=O) groups is 1. The zero-order valence-electron chi connectivity index (χ0n) is 4.40. The highest BCUT2D eigenvalue weighted by atomic mass is 127. The molecule has 5 heteroatoms. The minimum absolute atomic E-state index is 0.156. The molecule has 0 atom stereocenters. The maximum atomic E-state index is 11.1. The Bertz CT molecular complexity index is 147. The Hall–Kier alpha value is 1.66. The van der Waals surface area contributed by atoms with Gasteiger partial charge < -0.3 is 0 Å². The summed E-state index contributed by atoms with van der Waals surface area (Å²) >= 11 is 6.45. The average molecular weight is 463 g/mol. The number of hydrogen-bond donors (Lipinski definition) is 0. The molecular formula is C4H4I3NO. The third-order valence-corrected chi connectivity index (χ3v) is 4.08. The maximum Gasteiger partial charge on any atom is 0.257 e. The molecular weight excluding hydrogens is 459 g/mol. The van der Waals surface area contributed by atoms with E-state index < -0.39 is 0 Å². The standard InChI is InChI=1S/C4H4I3NO/c5-4(6)1-2-8(7)3(4)9/h1-2H2. The summed E-state index contributed by atoms with van der Waals surface area (Å²) in [4.78, 5) is 11.1. The second kappa shape index (κ2) is 2.95. The van der Waals surface area contributed by atoms with E-state index >= 15 is 0 Å². The van der Waals surface area contributed by atoms with E-state index in [9.17, 15) is 4.79 Å². The summed E-state index contributed by atoms with van der Waals surface area (Å²) in [5, 5.41) is 0. The zero-order chi connectivity index (χ0) is 7.07. The quantitative estimate of drug-likeness (QED) is 0.307. The second-order valence-electron chi connectivity index (χ2n) is 1.85. The lowest BCUT2D eigenvalue weighted by atomic mass is 10.4. The Balaban J connectivity index is 2.74. The number of alkyl halides is 2. The lowest BCUT2D eigenvalue weighted by molar-refractivity contribution is -0.122. The number of hydrogen-bond acceptors (Lipinski definition) is 1. The van der Waals surface area contributed by atoms with Gasteiger partial charge in [-0.3, -0.25) is 7.91 Å². The van der Waals surface area contributed by atoms with Crippen LogP contribution >= 0.6 is 68.0 Å². The molecule has 0 unspecified atom stereocenters. The Kier molecular flexibility index (Phi) is 2.87. The van der Waals surface area contributed by atoms with Crippen LogP contribution in [0.15, 0.2) is 0 Å². The van der Waals surface area contributed by atoms with Gasteiger partial charge in [-0.25, -0.2) is 0 Å². The molecule has 52 valence electrons. The third kappa shape index (κ3) is 1.82. The van der Waals surface area contributed by atoms with Crippen LogP contribution in [0.1, 0.15) is 6.42 Å². The van der Waals surface area contributed by atoms with Crippen molar-refractivity contribution >= 4 is 74.0 Å². The first-order chi connectivity index (χ1) is 4.04. The van der Waals surface area contributed by atoms with Crippen LogP contribution in [0.4, 0.5) is 0 Å². The van der Waals surface area contributed by atoms with Crippen molar-refractivity contribution in [1.82, 2.24) is 3.11 Å². The van der Waals surface area contributed by atoms with Gasteiger partial charge in [-0.05, 0) is 6.42 Å². The number of carbonyl (C=O) groups excluding carboxylic acids is 1. The SMILES string of the molecule is O=C1N(I)CCC1(I)I. The molecule has 0 aromatic rings. The third-order valence-electron chi connectivity index (χ3n) is 1.16. The number of halogens is 3. The summed E-state index contributed by atoms with van der Waals surface area (Å²) in [6.07, 6.45) is 0.968. The molecule has 1 heterocycles. The van der Waals surface area contributed by atoms with Gasteiger partial charge in [-0.2, -0.15) is 0 Å². The van der Waals surface area contributed by atoms with E-state index in [0.717, 1.165) is 13.0 Å². The van der Waals surface area contributed by atoms with E-state index in [4.69, 9.17) is 0 Å². The van der Waals surface area contributed by atoms with Crippen LogP contribution in [0, 0.1) is 0 Å². The van der Waals surface area contributed by atoms with Crippen molar-refractivity contribution in [1.29, 1.82) is 0 Å². The van der Waals surface area contributed by atoms with Crippen LogP contribution in [-0.2, 0) is 4.79 Å². The molecule has 1 saturated heterocycles. The fourth-order valence-corrected chi connectivity index (χ4v) is 3.27. The molecule has 0 N–H and O–H groups in total. The number of amides is 1. The smallest absolute Gasteiger partial charge is 0.257 e. The average Bonchev–Trinajstić information content (AvgIpc) is 1.97. The Labute approximate surface area is 94.9 Å². The van der Waals surface area contributed by atoms with E-state index in [1.807, 2.05) is 0 Å². The van der Waals surface area contributed by atoms with Gasteiger partial charge in [0.15, 0.2) is 1.43 Å². The fraction of sp³-hybridized carbons (Fsp3) is 0.750. The molecule has 0 spiro atoms. The number of nitrogens with zero attached hydrogens (tertiary/aromatic N) is 1. The van der Waals surface area contributed by atoms with Gasteiger partial charge in [-0.1, -0.05) is 45.2 Å². The van der Waals surface area contributed by atoms with Crippen molar-refractivity contribution in [2.24, 2.45) is 0 Å². The van der Waals surface area contributed by atoms with Crippen LogP contribution in [0.3, 0.4) is 0 Å². The Morgan fingerprint density at radius 2 is 2.11 bits per heavy atom. The van der Waals surface area contributed by atoms with E-state index in [1.165, 1.54) is 0 Å². The molecule has 0 aliphatic carbocycles. The predicted molar refractivity (Wildman–Crippen MR) is 61.1 cm³/mol. The molecule has 2 nitrogen and oxygen atoms in total. The second-order valence-corrected chi connectivity index (χ2v) is 8.76. The Morgan fingerprint density at radius 3 is 2.22 bits per heavy atom. The van der Waals surface area contributed by atoms with Crippen molar-refractivity contribution in [3.8, 4) is 0 Å². The van der Waals surface area contributed by atoms with E-state index in [1.54, 1.807) is 3.11 Å². The molecule has 0 aromatic heterocycles. The van der Waals surface area contributed by atoms with Crippen molar-refractivity contribution in [3.05, 3.63) is 0 Å². The largest absolute Gasteiger partial charge is 0.283 e. The highest BCUT2D eigenvalue weighted by Crippen LogP contribution is 2.39. The lowest BCUT2D eigenvalue weighted by Crippen LogP contribution is -2.23. The van der Waals surface area contributed by atoms with Crippen LogP contribution in [0.2, 0.25) is 0 Å². The van der Waals surface area contributed by atoms with Crippen LogP contribution in [-0.4, -0.2) is 17.0 Å².